The molecule has 1 aromatic carbocycles. The molecular weight excluding hydrogens is 290 g/mol. The largest absolute Gasteiger partial charge is 0.356 e. The maximum absolute atomic E-state index is 12.8. The van der Waals surface area contributed by atoms with Gasteiger partial charge in [0.05, 0.1) is 12.6 Å². The molecule has 0 saturated carbocycles. The number of H-pyrrole nitrogens is 1. The lowest BCUT2D eigenvalue weighted by molar-refractivity contribution is -0.159. The number of carbonyl (C=O) groups excluding carboxylic acids is 2. The van der Waals surface area contributed by atoms with Gasteiger partial charge in [0, 0.05) is 29.6 Å². The lowest BCUT2D eigenvalue weighted by atomic mass is 9.90. The predicted molar refractivity (Wildman–Crippen MR) is 87.9 cm³/mol. The van der Waals surface area contributed by atoms with E-state index in [-0.39, 0.29) is 30.4 Å². The molecule has 5 heteroatoms. The lowest BCUT2D eigenvalue weighted by Crippen LogP contribution is -2.62. The van der Waals surface area contributed by atoms with Crippen LogP contribution in [0.5, 0.6) is 0 Å². The predicted octanol–water partition coefficient (Wildman–Crippen LogP) is 2.23. The van der Waals surface area contributed by atoms with Crippen LogP contribution in [0.1, 0.15) is 37.6 Å². The molecule has 0 aliphatic carbocycles. The fraction of sp³-hybridized carbons (Fsp3) is 0.444. The summed E-state index contributed by atoms with van der Waals surface area (Å²) in [5.41, 5.74) is 3.34. The smallest absolute Gasteiger partial charge is 0.246 e. The summed E-state index contributed by atoms with van der Waals surface area (Å²) >= 11 is 0. The van der Waals surface area contributed by atoms with E-state index in [0.717, 1.165) is 17.6 Å². The number of para-hydroxylation sites is 1. The number of nitrogens with one attached hydrogen (secondary N) is 1. The first-order valence-electron chi connectivity index (χ1n) is 8.31. The third kappa shape index (κ3) is 1.99. The average Bonchev–Trinajstić information content (AvgIpc) is 2.92. The van der Waals surface area contributed by atoms with Crippen molar-refractivity contribution in [3.8, 4) is 0 Å². The van der Waals surface area contributed by atoms with E-state index in [1.54, 1.807) is 9.80 Å². The highest BCUT2D eigenvalue weighted by Crippen LogP contribution is 2.38. The Morgan fingerprint density at radius 1 is 1.26 bits per heavy atom. The first-order chi connectivity index (χ1) is 11.1. The summed E-state index contributed by atoms with van der Waals surface area (Å²) < 4.78 is 0. The second-order valence-corrected chi connectivity index (χ2v) is 6.52. The molecule has 5 nitrogen and oxygen atoms in total. The maximum Gasteiger partial charge on any atom is 0.246 e. The summed E-state index contributed by atoms with van der Waals surface area (Å²) in [5.74, 6) is 0.147. The monoisotopic (exact) mass is 311 g/mol. The second-order valence-electron chi connectivity index (χ2n) is 6.52. The van der Waals surface area contributed by atoms with Gasteiger partial charge in [-0.15, -0.1) is 0 Å². The zero-order valence-corrected chi connectivity index (χ0v) is 13.5. The van der Waals surface area contributed by atoms with Crippen LogP contribution in [0, 0.1) is 0 Å². The molecule has 1 N–H and O–H groups in total. The van der Waals surface area contributed by atoms with Crippen molar-refractivity contribution in [2.75, 3.05) is 13.1 Å². The van der Waals surface area contributed by atoms with Gasteiger partial charge in [-0.05, 0) is 25.0 Å². The Morgan fingerprint density at radius 2 is 2.04 bits per heavy atom. The number of aromatic amines is 1. The van der Waals surface area contributed by atoms with Gasteiger partial charge >= 0.3 is 0 Å². The van der Waals surface area contributed by atoms with Crippen LogP contribution in [-0.4, -0.2) is 45.7 Å². The van der Waals surface area contributed by atoms with Crippen LogP contribution in [0.2, 0.25) is 0 Å². The number of amides is 2. The Kier molecular flexibility index (Phi) is 3.18. The first kappa shape index (κ1) is 14.3. The zero-order chi connectivity index (χ0) is 16.1. The Balaban J connectivity index is 1.80. The number of benzene rings is 1. The molecule has 1 fully saturated rings. The molecule has 2 unspecified atom stereocenters. The number of fused-ring (bicyclic) bond motifs is 4. The van der Waals surface area contributed by atoms with Gasteiger partial charge in [0.25, 0.3) is 0 Å². The summed E-state index contributed by atoms with van der Waals surface area (Å²) in [6.07, 6.45) is 1.48. The molecule has 0 radical (unpaired) electrons. The highest BCUT2D eigenvalue weighted by atomic mass is 16.2. The van der Waals surface area contributed by atoms with Gasteiger partial charge in [0.2, 0.25) is 11.8 Å². The van der Waals surface area contributed by atoms with Gasteiger partial charge in [0.15, 0.2) is 0 Å². The molecular formula is C18H21N3O2. The van der Waals surface area contributed by atoms with E-state index < -0.39 is 0 Å². The van der Waals surface area contributed by atoms with E-state index in [0.29, 0.717) is 13.0 Å². The number of carbonyl (C=O) groups is 2. The Labute approximate surface area is 135 Å². The van der Waals surface area contributed by atoms with Crippen molar-refractivity contribution in [1.82, 2.24) is 14.8 Å². The molecule has 2 aliphatic rings. The van der Waals surface area contributed by atoms with Crippen LogP contribution in [0.3, 0.4) is 0 Å². The van der Waals surface area contributed by atoms with Crippen molar-refractivity contribution < 1.29 is 9.59 Å². The molecule has 2 amide bonds. The van der Waals surface area contributed by atoms with Crippen LogP contribution in [-0.2, 0) is 16.0 Å². The minimum atomic E-state index is -0.357. The molecule has 0 bridgehead atoms. The highest BCUT2D eigenvalue weighted by molar-refractivity contribution is 5.97. The average molecular weight is 311 g/mol. The quantitative estimate of drug-likeness (QED) is 0.924. The first-order valence-corrected chi connectivity index (χ1v) is 8.31. The Morgan fingerprint density at radius 3 is 2.83 bits per heavy atom. The summed E-state index contributed by atoms with van der Waals surface area (Å²) in [5, 5.41) is 1.17. The molecule has 120 valence electrons. The standard InChI is InChI=1S/C18H21N3O2/c1-3-8-20-10-16(22)21-11(2)17-13(9-15(21)18(20)23)12-6-4-5-7-14(12)19-17/h4-7,11,15,19H,3,8-10H2,1-2H3. The topological polar surface area (TPSA) is 56.4 Å². The molecule has 0 spiro atoms. The number of aromatic nitrogens is 1. The van der Waals surface area contributed by atoms with E-state index in [4.69, 9.17) is 0 Å². The van der Waals surface area contributed by atoms with Crippen LogP contribution in [0.4, 0.5) is 0 Å². The van der Waals surface area contributed by atoms with E-state index in [1.807, 2.05) is 32.0 Å². The van der Waals surface area contributed by atoms with Gasteiger partial charge in [-0.1, -0.05) is 25.1 Å². The summed E-state index contributed by atoms with van der Waals surface area (Å²) in [6.45, 7) is 4.92. The fourth-order valence-corrected chi connectivity index (χ4v) is 4.09. The minimum absolute atomic E-state index is 0.0554. The Hall–Kier alpha value is -2.30. The molecule has 4 rings (SSSR count). The van der Waals surface area contributed by atoms with E-state index >= 15 is 0 Å². The molecule has 3 heterocycles. The molecule has 2 aromatic rings. The number of piperazine rings is 1. The molecule has 2 atom stereocenters. The summed E-state index contributed by atoms with van der Waals surface area (Å²) in [6, 6.07) is 7.71. The summed E-state index contributed by atoms with van der Waals surface area (Å²) in [7, 11) is 0. The normalized spacial score (nSPS) is 24.1. The maximum atomic E-state index is 12.8. The van der Waals surface area contributed by atoms with Gasteiger partial charge in [0.1, 0.15) is 6.04 Å². The van der Waals surface area contributed by atoms with Crippen molar-refractivity contribution >= 4 is 22.7 Å². The zero-order valence-electron chi connectivity index (χ0n) is 13.5. The second kappa shape index (κ2) is 5.11. The van der Waals surface area contributed by atoms with Crippen molar-refractivity contribution in [3.05, 3.63) is 35.5 Å². The van der Waals surface area contributed by atoms with Gasteiger partial charge in [-0.3, -0.25) is 9.59 Å². The van der Waals surface area contributed by atoms with Crippen molar-refractivity contribution in [2.24, 2.45) is 0 Å². The van der Waals surface area contributed by atoms with Gasteiger partial charge in [-0.2, -0.15) is 0 Å². The third-order valence-electron chi connectivity index (χ3n) is 5.12. The minimum Gasteiger partial charge on any atom is -0.356 e. The molecule has 1 saturated heterocycles. The van der Waals surface area contributed by atoms with E-state index in [1.165, 1.54) is 10.9 Å². The molecule has 1 aromatic heterocycles. The number of rotatable bonds is 2. The highest BCUT2D eigenvalue weighted by Gasteiger charge is 2.45. The van der Waals surface area contributed by atoms with E-state index in [9.17, 15) is 9.59 Å². The number of hydrogen-bond acceptors (Lipinski definition) is 2. The Bertz CT molecular complexity index is 795. The van der Waals surface area contributed by atoms with Crippen LogP contribution < -0.4 is 0 Å². The molecule has 23 heavy (non-hydrogen) atoms. The van der Waals surface area contributed by atoms with Crippen LogP contribution in [0.15, 0.2) is 24.3 Å². The SMILES string of the molecule is CCCN1CC(=O)N2C(Cc3c([nH]c4ccccc34)C2C)C1=O. The fourth-order valence-electron chi connectivity index (χ4n) is 4.09. The number of nitrogens with zero attached hydrogens (tertiary/aromatic N) is 2. The van der Waals surface area contributed by atoms with Gasteiger partial charge in [-0.25, -0.2) is 0 Å². The third-order valence-corrected chi connectivity index (χ3v) is 5.12. The van der Waals surface area contributed by atoms with Gasteiger partial charge < -0.3 is 14.8 Å². The van der Waals surface area contributed by atoms with Crippen LogP contribution in [0.25, 0.3) is 10.9 Å². The van der Waals surface area contributed by atoms with Crippen molar-refractivity contribution in [3.63, 3.8) is 0 Å². The van der Waals surface area contributed by atoms with Crippen LogP contribution >= 0.6 is 0 Å². The van der Waals surface area contributed by atoms with Crippen molar-refractivity contribution in [2.45, 2.75) is 38.8 Å². The lowest BCUT2D eigenvalue weighted by Gasteiger charge is -2.45. The van der Waals surface area contributed by atoms with E-state index in [2.05, 4.69) is 11.1 Å². The summed E-state index contributed by atoms with van der Waals surface area (Å²) in [4.78, 5) is 32.4. The van der Waals surface area contributed by atoms with Crippen molar-refractivity contribution in [1.29, 1.82) is 0 Å². The molecule has 2 aliphatic heterocycles. The number of hydrogen-bond donors (Lipinski definition) is 1.